The molecule has 2 N–H and O–H groups in total. The molecule has 2 heterocycles. The zero-order valence-electron chi connectivity index (χ0n) is 15.2. The Morgan fingerprint density at radius 3 is 2.78 bits per heavy atom. The normalized spacial score (nSPS) is 10.6. The molecule has 2 aromatic heterocycles. The van der Waals surface area contributed by atoms with Gasteiger partial charge in [-0.1, -0.05) is 6.07 Å². The Hall–Kier alpha value is -2.16. The molecule has 5 nitrogen and oxygen atoms in total. The zero-order valence-corrected chi connectivity index (χ0v) is 17.6. The molecule has 0 radical (unpaired) electrons. The summed E-state index contributed by atoms with van der Waals surface area (Å²) in [5.74, 6) is -0.203. The number of hydrogen-bond donors (Lipinski definition) is 2. The standard InChI is InChI=1S/C19H19N3O2S3/c1-11-4-5-13(25-3)8-15(11)18(24)22-19-21-16(10-26-19)17-7-6-14(27-17)9-20-12(2)23/h4-8,10H,9H2,1-3H3,(H,20,23)(H,21,22,24). The Morgan fingerprint density at radius 1 is 1.22 bits per heavy atom. The SMILES string of the molecule is CSc1ccc(C)c(C(=O)Nc2nc(-c3ccc(CNC(C)=O)s3)cs2)c1. The van der Waals surface area contributed by atoms with Crippen LogP contribution in [-0.4, -0.2) is 23.1 Å². The van der Waals surface area contributed by atoms with Gasteiger partial charge in [0.1, 0.15) is 0 Å². The fourth-order valence-corrected chi connectivity index (χ4v) is 4.53. The molecule has 0 spiro atoms. The first kappa shape index (κ1) is 19.6. The van der Waals surface area contributed by atoms with Crippen molar-refractivity contribution in [3.8, 4) is 10.6 Å². The summed E-state index contributed by atoms with van der Waals surface area (Å²) in [5, 5.41) is 8.18. The highest BCUT2D eigenvalue weighted by molar-refractivity contribution is 7.98. The van der Waals surface area contributed by atoms with E-state index in [1.807, 2.05) is 48.9 Å². The maximum Gasteiger partial charge on any atom is 0.257 e. The minimum atomic E-state index is -0.151. The molecule has 140 valence electrons. The average Bonchev–Trinajstić information content (AvgIpc) is 3.29. The molecule has 0 aliphatic rings. The third-order valence-electron chi connectivity index (χ3n) is 3.84. The first-order valence-corrected chi connectivity index (χ1v) is 11.1. The van der Waals surface area contributed by atoms with Crippen LogP contribution in [0.3, 0.4) is 0 Å². The van der Waals surface area contributed by atoms with E-state index in [-0.39, 0.29) is 11.8 Å². The molecule has 2 amide bonds. The summed E-state index contributed by atoms with van der Waals surface area (Å²) in [5.41, 5.74) is 2.42. The highest BCUT2D eigenvalue weighted by atomic mass is 32.2. The van der Waals surface area contributed by atoms with Crippen molar-refractivity contribution in [1.82, 2.24) is 10.3 Å². The molecule has 1 aromatic carbocycles. The van der Waals surface area contributed by atoms with Gasteiger partial charge < -0.3 is 5.32 Å². The number of aromatic nitrogens is 1. The summed E-state index contributed by atoms with van der Waals surface area (Å²) < 4.78 is 0. The van der Waals surface area contributed by atoms with Crippen molar-refractivity contribution in [3.05, 3.63) is 51.7 Å². The van der Waals surface area contributed by atoms with Gasteiger partial charge in [-0.2, -0.15) is 0 Å². The minimum Gasteiger partial charge on any atom is -0.351 e. The molecule has 27 heavy (non-hydrogen) atoms. The van der Waals surface area contributed by atoms with Gasteiger partial charge >= 0.3 is 0 Å². The van der Waals surface area contributed by atoms with Crippen LogP contribution in [-0.2, 0) is 11.3 Å². The Balaban J connectivity index is 1.71. The summed E-state index contributed by atoms with van der Waals surface area (Å²) in [4.78, 5) is 31.3. The Kier molecular flexibility index (Phi) is 6.30. The van der Waals surface area contributed by atoms with Crippen molar-refractivity contribution in [2.45, 2.75) is 25.3 Å². The van der Waals surface area contributed by atoms with Crippen molar-refractivity contribution in [3.63, 3.8) is 0 Å². The van der Waals surface area contributed by atoms with Crippen LogP contribution in [0.1, 0.15) is 27.7 Å². The molecular weight excluding hydrogens is 398 g/mol. The number of benzene rings is 1. The van der Waals surface area contributed by atoms with Crippen molar-refractivity contribution < 1.29 is 9.59 Å². The van der Waals surface area contributed by atoms with Crippen LogP contribution in [0.25, 0.3) is 10.6 Å². The van der Waals surface area contributed by atoms with Crippen molar-refractivity contribution >= 4 is 51.4 Å². The second kappa shape index (κ2) is 8.69. The quantitative estimate of drug-likeness (QED) is 0.566. The van der Waals surface area contributed by atoms with E-state index in [0.717, 1.165) is 25.9 Å². The molecule has 0 fully saturated rings. The van der Waals surface area contributed by atoms with Gasteiger partial charge in [0.25, 0.3) is 5.91 Å². The van der Waals surface area contributed by atoms with E-state index in [9.17, 15) is 9.59 Å². The number of thiophene rings is 1. The molecule has 0 aliphatic carbocycles. The van der Waals surface area contributed by atoms with Gasteiger partial charge in [-0.3, -0.25) is 14.9 Å². The Morgan fingerprint density at radius 2 is 2.04 bits per heavy atom. The molecule has 0 atom stereocenters. The van der Waals surface area contributed by atoms with Crippen LogP contribution in [0.4, 0.5) is 5.13 Å². The lowest BCUT2D eigenvalue weighted by atomic mass is 10.1. The maximum atomic E-state index is 12.6. The number of carbonyl (C=O) groups is 2. The topological polar surface area (TPSA) is 71.1 Å². The fourth-order valence-electron chi connectivity index (χ4n) is 2.40. The van der Waals surface area contributed by atoms with Crippen LogP contribution in [0.2, 0.25) is 0 Å². The van der Waals surface area contributed by atoms with Crippen LogP contribution < -0.4 is 10.6 Å². The van der Waals surface area contributed by atoms with E-state index in [1.165, 1.54) is 18.3 Å². The van der Waals surface area contributed by atoms with E-state index < -0.39 is 0 Å². The first-order chi connectivity index (χ1) is 13.0. The van der Waals surface area contributed by atoms with Gasteiger partial charge in [0, 0.05) is 27.6 Å². The summed E-state index contributed by atoms with van der Waals surface area (Å²) in [6.07, 6.45) is 1.99. The summed E-state index contributed by atoms with van der Waals surface area (Å²) in [6, 6.07) is 9.82. The molecule has 0 unspecified atom stereocenters. The lowest BCUT2D eigenvalue weighted by molar-refractivity contribution is -0.119. The van der Waals surface area contributed by atoms with E-state index >= 15 is 0 Å². The largest absolute Gasteiger partial charge is 0.351 e. The van der Waals surface area contributed by atoms with Gasteiger partial charge in [0.15, 0.2) is 5.13 Å². The summed E-state index contributed by atoms with van der Waals surface area (Å²) in [6.45, 7) is 3.94. The highest BCUT2D eigenvalue weighted by Crippen LogP contribution is 2.31. The van der Waals surface area contributed by atoms with Crippen molar-refractivity contribution in [2.24, 2.45) is 0 Å². The lowest BCUT2D eigenvalue weighted by Gasteiger charge is -2.07. The van der Waals surface area contributed by atoms with Crippen LogP contribution in [0.15, 0.2) is 40.6 Å². The molecule has 0 bridgehead atoms. The smallest absolute Gasteiger partial charge is 0.257 e. The number of amides is 2. The van der Waals surface area contributed by atoms with Gasteiger partial charge in [0.05, 0.1) is 17.1 Å². The third-order valence-corrected chi connectivity index (χ3v) is 6.43. The van der Waals surface area contributed by atoms with Gasteiger partial charge in [-0.25, -0.2) is 4.98 Å². The van der Waals surface area contributed by atoms with Crippen LogP contribution >= 0.6 is 34.4 Å². The predicted molar refractivity (Wildman–Crippen MR) is 114 cm³/mol. The van der Waals surface area contributed by atoms with E-state index in [4.69, 9.17) is 0 Å². The number of thiazole rings is 1. The first-order valence-electron chi connectivity index (χ1n) is 8.21. The van der Waals surface area contributed by atoms with Gasteiger partial charge in [0.2, 0.25) is 5.91 Å². The highest BCUT2D eigenvalue weighted by Gasteiger charge is 2.14. The molecule has 3 aromatic rings. The summed E-state index contributed by atoms with van der Waals surface area (Å²) >= 11 is 4.58. The number of aryl methyl sites for hydroxylation is 1. The van der Waals surface area contributed by atoms with Crippen molar-refractivity contribution in [1.29, 1.82) is 0 Å². The molecule has 0 aliphatic heterocycles. The number of nitrogens with one attached hydrogen (secondary N) is 2. The molecule has 0 saturated carbocycles. The second-order valence-electron chi connectivity index (χ2n) is 5.85. The molecular formula is C19H19N3O2S3. The second-order valence-corrected chi connectivity index (χ2v) is 8.75. The number of carbonyl (C=O) groups excluding carboxylic acids is 2. The molecule has 0 saturated heterocycles. The van der Waals surface area contributed by atoms with Crippen LogP contribution in [0.5, 0.6) is 0 Å². The number of hydrogen-bond acceptors (Lipinski definition) is 6. The Bertz CT molecular complexity index is 978. The van der Waals surface area contributed by atoms with E-state index in [1.54, 1.807) is 23.1 Å². The minimum absolute atomic E-state index is 0.0514. The van der Waals surface area contributed by atoms with E-state index in [0.29, 0.717) is 17.2 Å². The number of thioether (sulfide) groups is 1. The Labute approximate surface area is 170 Å². The zero-order chi connectivity index (χ0) is 19.4. The third kappa shape index (κ3) is 4.97. The van der Waals surface area contributed by atoms with Gasteiger partial charge in [-0.15, -0.1) is 34.4 Å². The number of nitrogens with zero attached hydrogens (tertiary/aromatic N) is 1. The predicted octanol–water partition coefficient (Wildman–Crippen LogP) is 4.79. The number of anilines is 1. The van der Waals surface area contributed by atoms with Crippen LogP contribution in [0, 0.1) is 6.92 Å². The lowest BCUT2D eigenvalue weighted by Crippen LogP contribution is -2.17. The van der Waals surface area contributed by atoms with E-state index in [2.05, 4.69) is 15.6 Å². The summed E-state index contributed by atoms with van der Waals surface area (Å²) in [7, 11) is 0. The average molecular weight is 418 g/mol. The number of rotatable bonds is 6. The molecule has 8 heteroatoms. The van der Waals surface area contributed by atoms with Gasteiger partial charge in [-0.05, 0) is 43.0 Å². The van der Waals surface area contributed by atoms with Crippen molar-refractivity contribution in [2.75, 3.05) is 11.6 Å². The monoisotopic (exact) mass is 417 g/mol. The molecule has 3 rings (SSSR count). The fraction of sp³-hybridized carbons (Fsp3) is 0.211. The maximum absolute atomic E-state index is 12.6.